The van der Waals surface area contributed by atoms with Crippen molar-refractivity contribution in [1.82, 2.24) is 15.1 Å². The molecule has 9 heteroatoms. The van der Waals surface area contributed by atoms with Crippen LogP contribution in [0.4, 0.5) is 8.78 Å². The number of aliphatic hydroxyl groups excluding tert-OH is 1. The van der Waals surface area contributed by atoms with E-state index in [4.69, 9.17) is 9.47 Å². The first-order chi connectivity index (χ1) is 18.4. The summed E-state index contributed by atoms with van der Waals surface area (Å²) in [7, 11) is 0. The minimum absolute atomic E-state index is 0.0131. The lowest BCUT2D eigenvalue weighted by Crippen LogP contribution is -2.55. The van der Waals surface area contributed by atoms with Crippen LogP contribution in [0, 0.1) is 11.6 Å². The number of fused-ring (bicyclic) bond motifs is 1. The predicted molar refractivity (Wildman–Crippen MR) is 138 cm³/mol. The van der Waals surface area contributed by atoms with E-state index in [9.17, 15) is 18.7 Å². The number of halogens is 2. The van der Waals surface area contributed by atoms with Gasteiger partial charge < -0.3 is 19.9 Å². The van der Waals surface area contributed by atoms with E-state index in [0.29, 0.717) is 12.8 Å². The van der Waals surface area contributed by atoms with E-state index in [1.54, 1.807) is 0 Å². The Kier molecular flexibility index (Phi) is 9.01. The van der Waals surface area contributed by atoms with E-state index in [1.165, 1.54) is 11.6 Å². The fourth-order valence-corrected chi connectivity index (χ4v) is 5.94. The summed E-state index contributed by atoms with van der Waals surface area (Å²) in [5.41, 5.74) is 1.52. The van der Waals surface area contributed by atoms with Crippen molar-refractivity contribution in [2.24, 2.45) is 0 Å². The van der Waals surface area contributed by atoms with E-state index in [2.05, 4.69) is 22.3 Å². The number of likely N-dealkylation sites (tertiary alicyclic amines) is 1. The summed E-state index contributed by atoms with van der Waals surface area (Å²) in [6.45, 7) is 3.52. The van der Waals surface area contributed by atoms with Gasteiger partial charge in [0.25, 0.3) is 0 Å². The molecule has 0 radical (unpaired) electrons. The molecule has 3 aliphatic rings. The summed E-state index contributed by atoms with van der Waals surface area (Å²) < 4.78 is 40.2. The number of nitrogens with zero attached hydrogens (tertiary/aromatic N) is 2. The smallest absolute Gasteiger partial charge is 0.222 e. The molecule has 38 heavy (non-hydrogen) atoms. The number of rotatable bonds is 7. The maximum Gasteiger partial charge on any atom is 0.222 e. The maximum atomic E-state index is 14.4. The van der Waals surface area contributed by atoms with Gasteiger partial charge in [0, 0.05) is 50.4 Å². The van der Waals surface area contributed by atoms with E-state index >= 15 is 0 Å². The number of ether oxygens (including phenoxy) is 2. The topological polar surface area (TPSA) is 74.3 Å². The Morgan fingerprint density at radius 3 is 2.71 bits per heavy atom. The van der Waals surface area contributed by atoms with Crippen molar-refractivity contribution in [2.75, 3.05) is 32.8 Å². The summed E-state index contributed by atoms with van der Waals surface area (Å²) in [5, 5.41) is 13.5. The largest absolute Gasteiger partial charge is 0.389 e. The number of hydrogen-bond donors (Lipinski definition) is 2. The highest BCUT2D eigenvalue weighted by atomic mass is 19.1. The molecule has 1 amide bonds. The predicted octanol–water partition coefficient (Wildman–Crippen LogP) is 2.85. The number of β-amino-alcohol motifs (C(OH)–C–C–N with tert-alkyl or cyclic N) is 1. The lowest BCUT2D eigenvalue weighted by molar-refractivity contribution is -0.158. The molecule has 206 valence electrons. The SMILES string of the molecule is O=C(C[C@@H]1CC[C@@H]2[C@H](COC[C@@H](O)CN2Cc2cc(F)ccc2F)O1)N[C@@H]1CCN(Cc2ccccc2)C1. The molecule has 0 aromatic heterocycles. The quantitative estimate of drug-likeness (QED) is 0.575. The number of hydrogen-bond acceptors (Lipinski definition) is 6. The van der Waals surface area contributed by atoms with Crippen LogP contribution in [0.2, 0.25) is 0 Å². The summed E-state index contributed by atoms with van der Waals surface area (Å²) in [6, 6.07) is 13.8. The van der Waals surface area contributed by atoms with Crippen molar-refractivity contribution in [3.63, 3.8) is 0 Å². The second kappa shape index (κ2) is 12.6. The second-order valence-corrected chi connectivity index (χ2v) is 10.8. The number of aliphatic hydroxyl groups is 1. The van der Waals surface area contributed by atoms with Crippen LogP contribution in [-0.2, 0) is 27.4 Å². The van der Waals surface area contributed by atoms with Gasteiger partial charge in [-0.2, -0.15) is 0 Å². The Bertz CT molecular complexity index is 1080. The van der Waals surface area contributed by atoms with Gasteiger partial charge in [0.1, 0.15) is 11.6 Å². The van der Waals surface area contributed by atoms with Crippen LogP contribution in [0.25, 0.3) is 0 Å². The molecule has 3 heterocycles. The molecule has 0 unspecified atom stereocenters. The molecule has 3 fully saturated rings. The highest BCUT2D eigenvalue weighted by Crippen LogP contribution is 2.29. The number of carbonyl (C=O) groups is 1. The Balaban J connectivity index is 1.14. The highest BCUT2D eigenvalue weighted by Gasteiger charge is 2.38. The first kappa shape index (κ1) is 27.1. The maximum absolute atomic E-state index is 14.4. The van der Waals surface area contributed by atoms with Gasteiger partial charge in [-0.3, -0.25) is 14.6 Å². The lowest BCUT2D eigenvalue weighted by atomic mass is 9.94. The van der Waals surface area contributed by atoms with Gasteiger partial charge in [0.15, 0.2) is 0 Å². The molecule has 5 atom stereocenters. The third-order valence-corrected chi connectivity index (χ3v) is 7.77. The molecule has 2 N–H and O–H groups in total. The number of amides is 1. The van der Waals surface area contributed by atoms with Crippen molar-refractivity contribution in [2.45, 2.75) is 69.2 Å². The van der Waals surface area contributed by atoms with Gasteiger partial charge in [0.2, 0.25) is 5.91 Å². The normalized spacial score (nSPS) is 28.9. The Morgan fingerprint density at radius 2 is 1.87 bits per heavy atom. The van der Waals surface area contributed by atoms with E-state index < -0.39 is 17.7 Å². The minimum Gasteiger partial charge on any atom is -0.389 e. The average Bonchev–Trinajstić information content (AvgIpc) is 3.32. The van der Waals surface area contributed by atoms with Crippen molar-refractivity contribution in [3.8, 4) is 0 Å². The molecule has 0 bridgehead atoms. The second-order valence-electron chi connectivity index (χ2n) is 10.8. The zero-order chi connectivity index (χ0) is 26.5. The standard InChI is InChI=1S/C29H37F2N3O4/c30-22-6-8-26(31)21(12-22)15-34-17-24(35)18-37-19-28-27(34)9-7-25(38-28)13-29(36)32-23-10-11-33(16-23)14-20-4-2-1-3-5-20/h1-6,8,12,23-25,27-28,35H,7,9-11,13-19H2,(H,32,36)/t23-,24+,25+,27-,28+/m1/s1. The van der Waals surface area contributed by atoms with Gasteiger partial charge in [-0.05, 0) is 43.0 Å². The molecular formula is C29H37F2N3O4. The van der Waals surface area contributed by atoms with Crippen LogP contribution >= 0.6 is 0 Å². The van der Waals surface area contributed by atoms with E-state index in [0.717, 1.165) is 38.2 Å². The average molecular weight is 530 g/mol. The van der Waals surface area contributed by atoms with Gasteiger partial charge in [-0.15, -0.1) is 0 Å². The van der Waals surface area contributed by atoms with Gasteiger partial charge >= 0.3 is 0 Å². The zero-order valence-corrected chi connectivity index (χ0v) is 21.6. The van der Waals surface area contributed by atoms with Crippen LogP contribution in [0.15, 0.2) is 48.5 Å². The van der Waals surface area contributed by atoms with Crippen molar-refractivity contribution in [1.29, 1.82) is 0 Å². The van der Waals surface area contributed by atoms with Gasteiger partial charge in [-0.25, -0.2) is 8.78 Å². The number of benzene rings is 2. The Labute approximate surface area is 222 Å². The van der Waals surface area contributed by atoms with Crippen LogP contribution in [-0.4, -0.2) is 84.1 Å². The molecule has 2 aromatic rings. The Hall–Kier alpha value is -2.43. The first-order valence-corrected chi connectivity index (χ1v) is 13.6. The van der Waals surface area contributed by atoms with Crippen LogP contribution in [0.5, 0.6) is 0 Å². The van der Waals surface area contributed by atoms with Crippen molar-refractivity contribution >= 4 is 5.91 Å². The molecule has 0 saturated carbocycles. The molecular weight excluding hydrogens is 492 g/mol. The van der Waals surface area contributed by atoms with Gasteiger partial charge in [-0.1, -0.05) is 30.3 Å². The molecule has 0 spiro atoms. The van der Waals surface area contributed by atoms with E-state index in [1.807, 2.05) is 23.1 Å². The number of nitrogens with one attached hydrogen (secondary N) is 1. The first-order valence-electron chi connectivity index (χ1n) is 13.6. The third kappa shape index (κ3) is 7.15. The Morgan fingerprint density at radius 1 is 1.03 bits per heavy atom. The fraction of sp³-hybridized carbons (Fsp3) is 0.552. The van der Waals surface area contributed by atoms with Crippen LogP contribution in [0.1, 0.15) is 36.8 Å². The monoisotopic (exact) mass is 529 g/mol. The molecule has 0 aliphatic carbocycles. The van der Waals surface area contributed by atoms with Crippen molar-refractivity contribution in [3.05, 3.63) is 71.3 Å². The van der Waals surface area contributed by atoms with Crippen LogP contribution < -0.4 is 5.32 Å². The summed E-state index contributed by atoms with van der Waals surface area (Å²) in [5.74, 6) is -0.984. The summed E-state index contributed by atoms with van der Waals surface area (Å²) >= 11 is 0. The molecule has 5 rings (SSSR count). The summed E-state index contributed by atoms with van der Waals surface area (Å²) in [4.78, 5) is 17.2. The summed E-state index contributed by atoms with van der Waals surface area (Å²) in [6.07, 6.45) is 1.29. The lowest BCUT2D eigenvalue weighted by Gasteiger charge is -2.44. The molecule has 3 aliphatic heterocycles. The molecule has 2 aromatic carbocycles. The van der Waals surface area contributed by atoms with Gasteiger partial charge in [0.05, 0.1) is 37.9 Å². The zero-order valence-electron chi connectivity index (χ0n) is 21.6. The minimum atomic E-state index is -0.732. The molecule has 7 nitrogen and oxygen atoms in total. The number of carbonyl (C=O) groups excluding carboxylic acids is 1. The van der Waals surface area contributed by atoms with E-state index in [-0.39, 0.29) is 68.5 Å². The highest BCUT2D eigenvalue weighted by molar-refractivity contribution is 5.76. The third-order valence-electron chi connectivity index (χ3n) is 7.77. The van der Waals surface area contributed by atoms with Crippen molar-refractivity contribution < 1.29 is 28.2 Å². The van der Waals surface area contributed by atoms with Crippen LogP contribution in [0.3, 0.4) is 0 Å². The fourth-order valence-electron chi connectivity index (χ4n) is 5.94. The molecule has 3 saturated heterocycles.